The van der Waals surface area contributed by atoms with Crippen molar-refractivity contribution in [3.63, 3.8) is 0 Å². The Morgan fingerprint density at radius 2 is 2.00 bits per heavy atom. The van der Waals surface area contributed by atoms with Gasteiger partial charge in [-0.15, -0.1) is 0 Å². The molecule has 0 bridgehead atoms. The second kappa shape index (κ2) is 8.86. The van der Waals surface area contributed by atoms with Gasteiger partial charge >= 0.3 is 0 Å². The second-order valence-electron chi connectivity index (χ2n) is 7.26. The van der Waals surface area contributed by atoms with Crippen molar-refractivity contribution in [3.8, 4) is 11.5 Å². The third-order valence-corrected chi connectivity index (χ3v) is 4.97. The highest BCUT2D eigenvalue weighted by Crippen LogP contribution is 2.28. The van der Waals surface area contributed by atoms with E-state index in [1.54, 1.807) is 18.3 Å². The van der Waals surface area contributed by atoms with E-state index in [9.17, 15) is 4.79 Å². The van der Waals surface area contributed by atoms with Crippen LogP contribution in [0.5, 0.6) is 11.5 Å². The average molecular weight is 368 g/mol. The number of hydrogen-bond donors (Lipinski definition) is 2. The molecule has 144 valence electrons. The van der Waals surface area contributed by atoms with Gasteiger partial charge in [0.05, 0.1) is 30.0 Å². The minimum atomic E-state index is 0.192. The fourth-order valence-electron chi connectivity index (χ4n) is 3.31. The SMILES string of the molecule is CNc1ccc(Oc2ccnc(CC(=O)CN3CCC(C)CC3)c2)cc1N. The van der Waals surface area contributed by atoms with Crippen LogP contribution in [0.4, 0.5) is 11.4 Å². The number of Topliss-reactive ketones (excluding diaryl/α,β-unsaturated/α-hetero) is 1. The number of nitrogen functional groups attached to an aromatic ring is 1. The number of ketones is 1. The van der Waals surface area contributed by atoms with Crippen molar-refractivity contribution in [2.24, 2.45) is 5.92 Å². The van der Waals surface area contributed by atoms with Gasteiger partial charge in [-0.25, -0.2) is 0 Å². The number of anilines is 2. The third-order valence-electron chi connectivity index (χ3n) is 4.97. The van der Waals surface area contributed by atoms with Crippen molar-refractivity contribution in [1.29, 1.82) is 0 Å². The summed E-state index contributed by atoms with van der Waals surface area (Å²) in [7, 11) is 1.82. The number of ether oxygens (including phenoxy) is 1. The molecule has 1 fully saturated rings. The molecule has 0 spiro atoms. The Kier molecular flexibility index (Phi) is 6.29. The average Bonchev–Trinajstić information content (AvgIpc) is 2.64. The molecule has 2 aromatic rings. The summed E-state index contributed by atoms with van der Waals surface area (Å²) in [4.78, 5) is 19.0. The number of piperidine rings is 1. The maximum absolute atomic E-state index is 12.4. The second-order valence-corrected chi connectivity index (χ2v) is 7.26. The Morgan fingerprint density at radius 3 is 2.70 bits per heavy atom. The molecule has 6 nitrogen and oxygen atoms in total. The van der Waals surface area contributed by atoms with Gasteiger partial charge in [-0.05, 0) is 50.0 Å². The molecule has 3 N–H and O–H groups in total. The van der Waals surface area contributed by atoms with Crippen LogP contribution >= 0.6 is 0 Å². The minimum absolute atomic E-state index is 0.192. The van der Waals surface area contributed by atoms with Gasteiger partial charge in [0.2, 0.25) is 0 Å². The number of benzene rings is 1. The van der Waals surface area contributed by atoms with Crippen molar-refractivity contribution >= 4 is 17.2 Å². The van der Waals surface area contributed by atoms with Crippen LogP contribution in [-0.4, -0.2) is 42.3 Å². The van der Waals surface area contributed by atoms with Crippen molar-refractivity contribution in [2.75, 3.05) is 37.7 Å². The molecule has 0 unspecified atom stereocenters. The first-order valence-corrected chi connectivity index (χ1v) is 9.47. The highest BCUT2D eigenvalue weighted by atomic mass is 16.5. The quantitative estimate of drug-likeness (QED) is 0.730. The number of aromatic nitrogens is 1. The van der Waals surface area contributed by atoms with E-state index in [1.807, 2.05) is 25.2 Å². The highest BCUT2D eigenvalue weighted by molar-refractivity contribution is 5.82. The van der Waals surface area contributed by atoms with Crippen LogP contribution in [-0.2, 0) is 11.2 Å². The van der Waals surface area contributed by atoms with Crippen LogP contribution < -0.4 is 15.8 Å². The van der Waals surface area contributed by atoms with E-state index in [4.69, 9.17) is 10.5 Å². The number of hydrogen-bond acceptors (Lipinski definition) is 6. The van der Waals surface area contributed by atoms with Gasteiger partial charge in [-0.3, -0.25) is 14.7 Å². The molecule has 2 heterocycles. The lowest BCUT2D eigenvalue weighted by molar-refractivity contribution is -0.119. The summed E-state index contributed by atoms with van der Waals surface area (Å²) in [5, 5.41) is 3.02. The fourth-order valence-corrected chi connectivity index (χ4v) is 3.31. The van der Waals surface area contributed by atoms with E-state index in [0.29, 0.717) is 30.2 Å². The van der Waals surface area contributed by atoms with Gasteiger partial charge in [-0.1, -0.05) is 6.92 Å². The summed E-state index contributed by atoms with van der Waals surface area (Å²) >= 11 is 0. The van der Waals surface area contributed by atoms with E-state index in [-0.39, 0.29) is 5.78 Å². The molecule has 0 radical (unpaired) electrons. The molecule has 0 atom stereocenters. The van der Waals surface area contributed by atoms with Crippen molar-refractivity contribution in [3.05, 3.63) is 42.2 Å². The predicted molar refractivity (Wildman–Crippen MR) is 108 cm³/mol. The first kappa shape index (κ1) is 19.2. The smallest absolute Gasteiger partial charge is 0.152 e. The van der Waals surface area contributed by atoms with Gasteiger partial charge in [0, 0.05) is 25.4 Å². The largest absolute Gasteiger partial charge is 0.457 e. The summed E-state index contributed by atoms with van der Waals surface area (Å²) in [5.74, 6) is 2.26. The van der Waals surface area contributed by atoms with Crippen LogP contribution in [0.25, 0.3) is 0 Å². The lowest BCUT2D eigenvalue weighted by Crippen LogP contribution is -2.37. The molecule has 1 aliphatic rings. The van der Waals surface area contributed by atoms with Gasteiger partial charge in [-0.2, -0.15) is 0 Å². The molecule has 1 aliphatic heterocycles. The predicted octanol–water partition coefficient (Wildman–Crippen LogP) is 3.34. The summed E-state index contributed by atoms with van der Waals surface area (Å²) < 4.78 is 5.87. The molecular weight excluding hydrogens is 340 g/mol. The van der Waals surface area contributed by atoms with Crippen LogP contribution in [0, 0.1) is 5.92 Å². The number of carbonyl (C=O) groups excluding carboxylic acids is 1. The van der Waals surface area contributed by atoms with E-state index < -0.39 is 0 Å². The topological polar surface area (TPSA) is 80.5 Å². The number of rotatable bonds is 7. The van der Waals surface area contributed by atoms with E-state index in [1.165, 1.54) is 12.8 Å². The Labute approximate surface area is 160 Å². The zero-order valence-electron chi connectivity index (χ0n) is 16.1. The monoisotopic (exact) mass is 368 g/mol. The number of carbonyl (C=O) groups is 1. The van der Waals surface area contributed by atoms with Crippen molar-refractivity contribution in [2.45, 2.75) is 26.2 Å². The molecule has 1 aromatic carbocycles. The molecule has 0 aliphatic carbocycles. The standard InChI is InChI=1S/C21H28N4O2/c1-15-6-9-25(10-7-15)14-17(26)11-16-12-19(5-8-24-16)27-18-3-4-21(23-2)20(22)13-18/h3-5,8,12-13,15,23H,6-7,9-11,14,22H2,1-2H3. The first-order valence-electron chi connectivity index (χ1n) is 9.47. The molecule has 3 rings (SSSR count). The summed E-state index contributed by atoms with van der Waals surface area (Å²) in [6, 6.07) is 9.09. The van der Waals surface area contributed by atoms with Crippen molar-refractivity contribution in [1.82, 2.24) is 9.88 Å². The molecule has 0 amide bonds. The van der Waals surface area contributed by atoms with Crippen LogP contribution in [0.2, 0.25) is 0 Å². The number of pyridine rings is 1. The fraction of sp³-hybridized carbons (Fsp3) is 0.429. The number of nitrogens with zero attached hydrogens (tertiary/aromatic N) is 2. The Morgan fingerprint density at radius 1 is 1.26 bits per heavy atom. The molecular formula is C21H28N4O2. The normalized spacial score (nSPS) is 15.5. The van der Waals surface area contributed by atoms with Gasteiger partial charge in [0.15, 0.2) is 5.78 Å². The molecule has 1 saturated heterocycles. The number of likely N-dealkylation sites (tertiary alicyclic amines) is 1. The lowest BCUT2D eigenvalue weighted by atomic mass is 9.99. The minimum Gasteiger partial charge on any atom is -0.457 e. The molecule has 6 heteroatoms. The molecule has 1 aromatic heterocycles. The number of nitrogens with one attached hydrogen (secondary N) is 1. The first-order chi connectivity index (χ1) is 13.0. The maximum atomic E-state index is 12.4. The number of nitrogens with two attached hydrogens (primary N) is 1. The summed E-state index contributed by atoms with van der Waals surface area (Å²) in [6.45, 7) is 4.79. The van der Waals surface area contributed by atoms with E-state index >= 15 is 0 Å². The zero-order valence-corrected chi connectivity index (χ0v) is 16.1. The Balaban J connectivity index is 1.58. The van der Waals surface area contributed by atoms with Crippen LogP contribution in [0.1, 0.15) is 25.5 Å². The zero-order chi connectivity index (χ0) is 19.2. The van der Waals surface area contributed by atoms with E-state index in [2.05, 4.69) is 22.1 Å². The molecule has 0 saturated carbocycles. The van der Waals surface area contributed by atoms with E-state index in [0.717, 1.165) is 30.4 Å². The molecule has 27 heavy (non-hydrogen) atoms. The highest BCUT2D eigenvalue weighted by Gasteiger charge is 2.18. The Hall–Kier alpha value is -2.60. The van der Waals surface area contributed by atoms with Crippen LogP contribution in [0.3, 0.4) is 0 Å². The van der Waals surface area contributed by atoms with Crippen LogP contribution in [0.15, 0.2) is 36.5 Å². The summed E-state index contributed by atoms with van der Waals surface area (Å²) in [6.07, 6.45) is 4.34. The van der Waals surface area contributed by atoms with Gasteiger partial charge < -0.3 is 15.8 Å². The summed E-state index contributed by atoms with van der Waals surface area (Å²) in [5.41, 5.74) is 8.18. The Bertz CT molecular complexity index is 786. The van der Waals surface area contributed by atoms with Gasteiger partial charge in [0.25, 0.3) is 0 Å². The maximum Gasteiger partial charge on any atom is 0.152 e. The lowest BCUT2D eigenvalue weighted by Gasteiger charge is -2.29. The van der Waals surface area contributed by atoms with Gasteiger partial charge in [0.1, 0.15) is 11.5 Å². The van der Waals surface area contributed by atoms with Crippen molar-refractivity contribution < 1.29 is 9.53 Å². The third kappa shape index (κ3) is 5.44.